The molecule has 1 aliphatic heterocycles. The quantitative estimate of drug-likeness (QED) is 0.0309. The highest BCUT2D eigenvalue weighted by molar-refractivity contribution is 6.06. The number of nitrogens with two attached hydrogens (primary N) is 1. The van der Waals surface area contributed by atoms with Gasteiger partial charge in [-0.1, -0.05) is 114 Å². The molecule has 0 atom stereocenters. The minimum absolute atomic E-state index is 0.0521. The van der Waals surface area contributed by atoms with Gasteiger partial charge < -0.3 is 34.7 Å². The lowest BCUT2D eigenvalue weighted by atomic mass is 9.98. The number of fused-ring (bicyclic) bond motifs is 2. The molecule has 0 spiro atoms. The van der Waals surface area contributed by atoms with E-state index in [9.17, 15) is 9.59 Å². The highest BCUT2D eigenvalue weighted by Crippen LogP contribution is 2.31. The first-order chi connectivity index (χ1) is 33.2. The number of aromatic nitrogens is 4. The molecule has 0 saturated heterocycles. The second kappa shape index (κ2) is 20.5. The number of nitrogens with zero attached hydrogens (tertiary/aromatic N) is 6. The van der Waals surface area contributed by atoms with Crippen molar-refractivity contribution in [3.05, 3.63) is 179 Å². The van der Waals surface area contributed by atoms with Crippen molar-refractivity contribution in [3.8, 4) is 34.3 Å². The lowest BCUT2D eigenvalue weighted by molar-refractivity contribution is 0.0593. The summed E-state index contributed by atoms with van der Waals surface area (Å²) in [5.74, 6) is 0.156. The molecule has 6 aromatic carbocycles. The van der Waals surface area contributed by atoms with Crippen LogP contribution in [-0.2, 0) is 27.4 Å². The highest BCUT2D eigenvalue weighted by atomic mass is 16.7. The van der Waals surface area contributed by atoms with Gasteiger partial charge in [0.05, 0.1) is 73.7 Å². The molecule has 16 heteroatoms. The largest absolute Gasteiger partial charge is 0.465 e. The topological polar surface area (TPSA) is 199 Å². The van der Waals surface area contributed by atoms with E-state index in [2.05, 4.69) is 44.3 Å². The average molecular weight is 913 g/mol. The van der Waals surface area contributed by atoms with Crippen LogP contribution in [0.5, 0.6) is 12.0 Å². The predicted molar refractivity (Wildman–Crippen MR) is 259 cm³/mol. The summed E-state index contributed by atoms with van der Waals surface area (Å²) in [6.07, 6.45) is 0. The summed E-state index contributed by atoms with van der Waals surface area (Å²) in [6, 6.07) is 43.2. The van der Waals surface area contributed by atoms with E-state index in [0.717, 1.165) is 38.9 Å². The van der Waals surface area contributed by atoms with E-state index in [1.54, 1.807) is 30.3 Å². The van der Waals surface area contributed by atoms with Crippen LogP contribution in [-0.4, -0.2) is 75.4 Å². The Morgan fingerprint density at radius 3 is 1.56 bits per heavy atom. The van der Waals surface area contributed by atoms with E-state index in [1.165, 1.54) is 14.2 Å². The minimum atomic E-state index is -0.431. The number of benzene rings is 6. The molecular weight excluding hydrogens is 865 g/mol. The summed E-state index contributed by atoms with van der Waals surface area (Å²) in [5.41, 5.74) is 19.6. The summed E-state index contributed by atoms with van der Waals surface area (Å²) in [4.78, 5) is 43.5. The lowest BCUT2D eigenvalue weighted by Crippen LogP contribution is -2.18. The second-order valence-corrected chi connectivity index (χ2v) is 15.2. The first-order valence-electron chi connectivity index (χ1n) is 21.6. The van der Waals surface area contributed by atoms with Gasteiger partial charge in [-0.05, 0) is 78.1 Å². The zero-order valence-corrected chi connectivity index (χ0v) is 37.8. The van der Waals surface area contributed by atoms with Crippen molar-refractivity contribution in [2.24, 2.45) is 15.9 Å². The van der Waals surface area contributed by atoms with Gasteiger partial charge in [-0.2, -0.15) is 15.0 Å². The normalized spacial score (nSPS) is 12.1. The molecule has 9 rings (SSSR count). The third-order valence-electron chi connectivity index (χ3n) is 11.0. The van der Waals surface area contributed by atoms with Crippen molar-refractivity contribution < 1.29 is 38.6 Å². The Balaban J connectivity index is 0.000000184. The summed E-state index contributed by atoms with van der Waals surface area (Å²) >= 11 is 0. The maximum absolute atomic E-state index is 12.4. The summed E-state index contributed by atoms with van der Waals surface area (Å²) in [6.45, 7) is 9.34. The number of aliphatic imine (C=N–C) groups is 1. The van der Waals surface area contributed by atoms with Gasteiger partial charge in [0, 0.05) is 11.1 Å². The van der Waals surface area contributed by atoms with Crippen LogP contribution in [0.2, 0.25) is 0 Å². The number of rotatable bonds is 14. The van der Waals surface area contributed by atoms with Crippen molar-refractivity contribution in [2.75, 3.05) is 27.4 Å². The van der Waals surface area contributed by atoms with Gasteiger partial charge in [-0.3, -0.25) is 9.13 Å². The van der Waals surface area contributed by atoms with E-state index in [0.29, 0.717) is 88.8 Å². The number of hydrogen-bond donors (Lipinski definition) is 3. The molecule has 2 aromatic heterocycles. The maximum atomic E-state index is 12.4. The van der Waals surface area contributed by atoms with Gasteiger partial charge in [0.1, 0.15) is 0 Å². The molecule has 68 heavy (non-hydrogen) atoms. The van der Waals surface area contributed by atoms with Crippen molar-refractivity contribution in [1.29, 1.82) is 0 Å². The number of methoxy groups -OCH3 is 2. The van der Waals surface area contributed by atoms with Crippen molar-refractivity contribution in [1.82, 2.24) is 24.6 Å². The Kier molecular flexibility index (Phi) is 13.8. The third-order valence-corrected chi connectivity index (χ3v) is 11.0. The number of hydroxylamine groups is 1. The van der Waals surface area contributed by atoms with E-state index < -0.39 is 11.9 Å². The maximum Gasteiger partial charge on any atom is 0.340 e. The van der Waals surface area contributed by atoms with Crippen LogP contribution >= 0.6 is 0 Å². The van der Waals surface area contributed by atoms with Crippen molar-refractivity contribution >= 4 is 45.7 Å². The van der Waals surface area contributed by atoms with E-state index in [-0.39, 0.29) is 5.84 Å². The van der Waals surface area contributed by atoms with Gasteiger partial charge in [-0.15, -0.1) is 0 Å². The van der Waals surface area contributed by atoms with Crippen LogP contribution in [0.15, 0.2) is 156 Å². The second-order valence-electron chi connectivity index (χ2n) is 15.2. The van der Waals surface area contributed by atoms with E-state index in [4.69, 9.17) is 34.7 Å². The Hall–Kier alpha value is -8.92. The zero-order valence-electron chi connectivity index (χ0n) is 37.8. The first-order valence-corrected chi connectivity index (χ1v) is 21.6. The molecule has 3 heterocycles. The van der Waals surface area contributed by atoms with Crippen LogP contribution in [0.1, 0.15) is 56.8 Å². The fourth-order valence-corrected chi connectivity index (χ4v) is 7.94. The number of carbonyl (C=O) groups is 2. The average Bonchev–Trinajstić information content (AvgIpc) is 4.08. The number of para-hydroxylation sites is 2. The fourth-order valence-electron chi connectivity index (χ4n) is 7.94. The number of hydrogen-bond acceptors (Lipinski definition) is 13. The van der Waals surface area contributed by atoms with Gasteiger partial charge in [-0.25, -0.2) is 15.1 Å². The molecule has 16 nitrogen and oxygen atoms in total. The van der Waals surface area contributed by atoms with E-state index in [1.807, 2.05) is 114 Å². The molecule has 0 saturated carbocycles. The van der Waals surface area contributed by atoms with Crippen molar-refractivity contribution in [3.63, 3.8) is 0 Å². The molecule has 4 N–H and O–H groups in total. The Labute approximate surface area is 391 Å². The SMILES string of the molecule is C=C1N=C(c2ccccc2-c2ccc(Cn3c(OCC)nc4cccc(C(=O)OC)c43)cc2)NO1.CCOc1nc2cccc(C(=O)OC)c2n1Cc1ccc(-c2ccccc2/C(N)=N/O)cc1. The number of nitrogens with one attached hydrogen (secondary N) is 1. The van der Waals surface area contributed by atoms with Gasteiger partial charge >= 0.3 is 11.9 Å². The lowest BCUT2D eigenvalue weighted by Gasteiger charge is -2.13. The molecule has 0 unspecified atom stereocenters. The van der Waals surface area contributed by atoms with Crippen LogP contribution in [0.25, 0.3) is 44.3 Å². The summed E-state index contributed by atoms with van der Waals surface area (Å²) in [5, 5.41) is 12.2. The molecule has 1 aliphatic rings. The van der Waals surface area contributed by atoms with Gasteiger partial charge in [0.2, 0.25) is 5.88 Å². The Morgan fingerprint density at radius 2 is 1.10 bits per heavy atom. The first kappa shape index (κ1) is 45.6. The fraction of sp³-hybridized carbons (Fsp3) is 0.154. The van der Waals surface area contributed by atoms with Gasteiger partial charge in [0.15, 0.2) is 11.7 Å². The molecule has 344 valence electrons. The molecule has 0 bridgehead atoms. The van der Waals surface area contributed by atoms with Crippen LogP contribution < -0.4 is 20.7 Å². The number of amidine groups is 2. The van der Waals surface area contributed by atoms with Crippen LogP contribution in [0.3, 0.4) is 0 Å². The molecular formula is C52H48N8O8. The Morgan fingerprint density at radius 1 is 0.647 bits per heavy atom. The molecule has 0 radical (unpaired) electrons. The number of imidazole rings is 2. The van der Waals surface area contributed by atoms with E-state index >= 15 is 0 Å². The predicted octanol–water partition coefficient (Wildman–Crippen LogP) is 8.72. The molecule has 8 aromatic rings. The van der Waals surface area contributed by atoms with Crippen LogP contribution in [0, 0.1) is 0 Å². The highest BCUT2D eigenvalue weighted by Gasteiger charge is 2.22. The monoisotopic (exact) mass is 912 g/mol. The number of carbonyl (C=O) groups excluding carboxylic acids is 2. The van der Waals surface area contributed by atoms with Gasteiger partial charge in [0.25, 0.3) is 12.0 Å². The zero-order chi connectivity index (χ0) is 47.7. The molecule has 0 amide bonds. The standard InChI is InChI=1S/C27H24N4O4.C25H24N4O4/c1-4-34-27-29-23-11-7-10-22(26(32)33-3)24(23)31(27)16-18-12-14-19(15-13-18)20-8-5-6-9-21(20)25-28-17(2)35-30-25;1-3-33-25-27-21-10-6-9-20(24(30)32-2)22(21)29(25)15-16-11-13-17(14-12-16)18-7-4-5-8-19(18)23(26)28-31/h5-15H,2,4,16H2,1,3H3,(H,28,30);4-14,31H,3,15H2,1-2H3,(H2,26,28). The molecule has 0 aliphatic carbocycles. The van der Waals surface area contributed by atoms with Crippen LogP contribution in [0.4, 0.5) is 0 Å². The minimum Gasteiger partial charge on any atom is -0.465 e. The number of oxime groups is 1. The van der Waals surface area contributed by atoms with Crippen molar-refractivity contribution in [2.45, 2.75) is 26.9 Å². The molecule has 0 fully saturated rings. The number of esters is 2. The number of ether oxygens (including phenoxy) is 4. The summed E-state index contributed by atoms with van der Waals surface area (Å²) in [7, 11) is 2.73. The smallest absolute Gasteiger partial charge is 0.340 e. The Bertz CT molecular complexity index is 3210. The summed E-state index contributed by atoms with van der Waals surface area (Å²) < 4.78 is 25.3. The third kappa shape index (κ3) is 9.42.